The molecular formula is C17H37Si. The van der Waals surface area contributed by atoms with Crippen molar-refractivity contribution in [3.05, 3.63) is 6.04 Å². The Kier molecular flexibility index (Phi) is 11.2. The number of rotatable bonds is 11. The van der Waals surface area contributed by atoms with E-state index in [1.54, 1.807) is 0 Å². The molecule has 1 heteroatoms. The van der Waals surface area contributed by atoms with E-state index in [1.807, 2.05) is 0 Å². The predicted molar refractivity (Wildman–Crippen MR) is 88.8 cm³/mol. The fourth-order valence-corrected chi connectivity index (χ4v) is 3.21. The molecule has 0 saturated carbocycles. The topological polar surface area (TPSA) is 0 Å². The van der Waals surface area contributed by atoms with Crippen LogP contribution < -0.4 is 0 Å². The van der Waals surface area contributed by atoms with E-state index in [1.165, 1.54) is 64.2 Å². The highest BCUT2D eigenvalue weighted by atomic mass is 28.3. The van der Waals surface area contributed by atoms with Crippen LogP contribution in [-0.4, -0.2) is 8.80 Å². The van der Waals surface area contributed by atoms with Crippen LogP contribution in [0.2, 0.25) is 13.1 Å². The molecule has 0 saturated heterocycles. The number of hydrogen-bond donors (Lipinski definition) is 0. The first-order valence-electron chi connectivity index (χ1n) is 8.25. The second-order valence-electron chi connectivity index (χ2n) is 7.41. The van der Waals surface area contributed by atoms with Gasteiger partial charge < -0.3 is 0 Å². The molecule has 18 heavy (non-hydrogen) atoms. The molecule has 0 amide bonds. The lowest BCUT2D eigenvalue weighted by molar-refractivity contribution is 0.356. The third kappa shape index (κ3) is 16.2. The van der Waals surface area contributed by atoms with Crippen molar-refractivity contribution in [1.29, 1.82) is 0 Å². The molecule has 0 atom stereocenters. The fraction of sp³-hybridized carbons (Fsp3) is 0.941. The normalized spacial score (nSPS) is 12.3. The first-order chi connectivity index (χ1) is 8.42. The molecule has 0 aliphatic rings. The summed E-state index contributed by atoms with van der Waals surface area (Å²) in [5.41, 5.74) is 0.538. The summed E-state index contributed by atoms with van der Waals surface area (Å²) in [6.45, 7) is 11.9. The summed E-state index contributed by atoms with van der Waals surface area (Å²) in [6, 6.07) is 2.59. The van der Waals surface area contributed by atoms with Gasteiger partial charge in [-0.05, 0) is 17.9 Å². The van der Waals surface area contributed by atoms with Gasteiger partial charge in [-0.2, -0.15) is 0 Å². The first kappa shape index (κ1) is 18.2. The third-order valence-electron chi connectivity index (χ3n) is 3.52. The van der Waals surface area contributed by atoms with E-state index >= 15 is 0 Å². The average molecular weight is 270 g/mol. The Labute approximate surface area is 119 Å². The maximum Gasteiger partial charge on any atom is 0.0336 e. The van der Waals surface area contributed by atoms with Crippen LogP contribution in [-0.2, 0) is 0 Å². The highest BCUT2D eigenvalue weighted by Gasteiger charge is 2.08. The van der Waals surface area contributed by atoms with Gasteiger partial charge in [0.15, 0.2) is 0 Å². The Balaban J connectivity index is 3.04. The zero-order chi connectivity index (χ0) is 13.9. The van der Waals surface area contributed by atoms with Crippen LogP contribution in [0.4, 0.5) is 0 Å². The zero-order valence-corrected chi connectivity index (χ0v) is 14.9. The van der Waals surface area contributed by atoms with Crippen molar-refractivity contribution in [1.82, 2.24) is 0 Å². The SMILES string of the molecule is C[SiH](C)[CH]CCCCCCCCCCC(C)(C)C. The lowest BCUT2D eigenvalue weighted by atomic mass is 9.89. The molecule has 0 aromatic carbocycles. The van der Waals surface area contributed by atoms with Crippen molar-refractivity contribution in [2.24, 2.45) is 5.41 Å². The molecule has 0 nitrogen and oxygen atoms in total. The Morgan fingerprint density at radius 2 is 1.17 bits per heavy atom. The monoisotopic (exact) mass is 269 g/mol. The molecule has 0 aromatic heterocycles. The molecule has 0 aliphatic carbocycles. The van der Waals surface area contributed by atoms with E-state index in [2.05, 4.69) is 39.9 Å². The van der Waals surface area contributed by atoms with Gasteiger partial charge in [0.1, 0.15) is 0 Å². The van der Waals surface area contributed by atoms with Gasteiger partial charge in [0, 0.05) is 8.80 Å². The molecule has 0 aliphatic heterocycles. The third-order valence-corrected chi connectivity index (χ3v) is 4.80. The lowest BCUT2D eigenvalue weighted by Gasteiger charge is -2.17. The van der Waals surface area contributed by atoms with Crippen molar-refractivity contribution in [2.75, 3.05) is 0 Å². The summed E-state index contributed by atoms with van der Waals surface area (Å²) in [6.07, 6.45) is 14.4. The minimum absolute atomic E-state index is 0.388. The summed E-state index contributed by atoms with van der Waals surface area (Å²) in [5, 5.41) is 0. The number of unbranched alkanes of at least 4 members (excludes halogenated alkanes) is 8. The van der Waals surface area contributed by atoms with Crippen molar-refractivity contribution >= 4 is 8.80 Å². The summed E-state index contributed by atoms with van der Waals surface area (Å²) in [7, 11) is -0.388. The predicted octanol–water partition coefficient (Wildman–Crippen LogP) is 6.16. The van der Waals surface area contributed by atoms with Gasteiger partial charge in [0.2, 0.25) is 0 Å². The van der Waals surface area contributed by atoms with E-state index in [-0.39, 0.29) is 8.80 Å². The second kappa shape index (κ2) is 11.1. The van der Waals surface area contributed by atoms with Crippen molar-refractivity contribution in [3.63, 3.8) is 0 Å². The molecule has 109 valence electrons. The van der Waals surface area contributed by atoms with E-state index in [9.17, 15) is 0 Å². The lowest BCUT2D eigenvalue weighted by Crippen LogP contribution is -2.03. The molecule has 1 radical (unpaired) electrons. The van der Waals surface area contributed by atoms with Gasteiger partial charge in [0.05, 0.1) is 0 Å². The van der Waals surface area contributed by atoms with Crippen LogP contribution in [0.25, 0.3) is 0 Å². The van der Waals surface area contributed by atoms with Crippen LogP contribution >= 0.6 is 0 Å². The van der Waals surface area contributed by atoms with Crippen LogP contribution in [0, 0.1) is 11.5 Å². The summed E-state index contributed by atoms with van der Waals surface area (Å²) >= 11 is 0. The molecular weight excluding hydrogens is 232 g/mol. The molecule has 0 aromatic rings. The van der Waals surface area contributed by atoms with Gasteiger partial charge in [-0.1, -0.05) is 91.7 Å². The van der Waals surface area contributed by atoms with Crippen LogP contribution in [0.1, 0.15) is 85.0 Å². The van der Waals surface area contributed by atoms with E-state index < -0.39 is 0 Å². The van der Waals surface area contributed by atoms with Gasteiger partial charge in [-0.25, -0.2) is 0 Å². The van der Waals surface area contributed by atoms with Gasteiger partial charge in [-0.3, -0.25) is 0 Å². The Morgan fingerprint density at radius 1 is 0.722 bits per heavy atom. The molecule has 0 N–H and O–H groups in total. The summed E-state index contributed by atoms with van der Waals surface area (Å²) in [4.78, 5) is 0. The minimum Gasteiger partial charge on any atom is -0.0720 e. The van der Waals surface area contributed by atoms with Crippen molar-refractivity contribution < 1.29 is 0 Å². The van der Waals surface area contributed by atoms with Gasteiger partial charge in [-0.15, -0.1) is 0 Å². The smallest absolute Gasteiger partial charge is 0.0336 e. The van der Waals surface area contributed by atoms with Crippen LogP contribution in [0.3, 0.4) is 0 Å². The van der Waals surface area contributed by atoms with Gasteiger partial charge in [0.25, 0.3) is 0 Å². The summed E-state index contributed by atoms with van der Waals surface area (Å²) in [5.74, 6) is 0. The van der Waals surface area contributed by atoms with Crippen LogP contribution in [0.5, 0.6) is 0 Å². The Hall–Kier alpha value is 0.217. The Bertz CT molecular complexity index is 167. The van der Waals surface area contributed by atoms with Gasteiger partial charge >= 0.3 is 0 Å². The number of hydrogen-bond acceptors (Lipinski definition) is 0. The van der Waals surface area contributed by atoms with Crippen molar-refractivity contribution in [3.8, 4) is 0 Å². The largest absolute Gasteiger partial charge is 0.0720 e. The highest BCUT2D eigenvalue weighted by molar-refractivity contribution is 6.59. The first-order valence-corrected chi connectivity index (χ1v) is 11.2. The quantitative estimate of drug-likeness (QED) is 0.311. The highest BCUT2D eigenvalue weighted by Crippen LogP contribution is 2.22. The van der Waals surface area contributed by atoms with E-state index in [0.717, 1.165) is 0 Å². The zero-order valence-electron chi connectivity index (χ0n) is 13.7. The minimum atomic E-state index is -0.388. The molecule has 0 bridgehead atoms. The maximum atomic E-state index is 2.59. The molecule has 0 heterocycles. The maximum absolute atomic E-state index is 2.59. The van der Waals surface area contributed by atoms with E-state index in [4.69, 9.17) is 0 Å². The molecule has 0 unspecified atom stereocenters. The Morgan fingerprint density at radius 3 is 1.61 bits per heavy atom. The van der Waals surface area contributed by atoms with Crippen molar-refractivity contribution in [2.45, 2.75) is 98.1 Å². The fourth-order valence-electron chi connectivity index (χ4n) is 2.31. The molecule has 0 fully saturated rings. The van der Waals surface area contributed by atoms with Crippen LogP contribution in [0.15, 0.2) is 0 Å². The molecule has 0 spiro atoms. The summed E-state index contributed by atoms with van der Waals surface area (Å²) < 4.78 is 0. The van der Waals surface area contributed by atoms with E-state index in [0.29, 0.717) is 5.41 Å². The standard InChI is InChI=1S/C17H37Si/c1-17(2,3)15-13-11-9-7-6-8-10-12-14-16-18(4)5/h16,18H,6-15H2,1-5H3. The second-order valence-corrected chi connectivity index (χ2v) is 10.4. The average Bonchev–Trinajstić information content (AvgIpc) is 2.24. The molecule has 0 rings (SSSR count).